The summed E-state index contributed by atoms with van der Waals surface area (Å²) in [6.45, 7) is 0.723. The van der Waals surface area contributed by atoms with Crippen molar-refractivity contribution in [1.29, 1.82) is 0 Å². The maximum Gasteiger partial charge on any atom is 0.161 e. The van der Waals surface area contributed by atoms with Crippen molar-refractivity contribution in [3.05, 3.63) is 94.3 Å². The van der Waals surface area contributed by atoms with Crippen molar-refractivity contribution in [3.8, 4) is 0 Å². The molecule has 0 spiro atoms. The number of benzene rings is 2. The number of ketones is 2. The Bertz CT molecular complexity index is 973. The van der Waals surface area contributed by atoms with Gasteiger partial charge in [-0.3, -0.25) is 9.59 Å². The highest BCUT2D eigenvalue weighted by molar-refractivity contribution is 6.06. The van der Waals surface area contributed by atoms with E-state index in [-0.39, 0.29) is 17.5 Å². The van der Waals surface area contributed by atoms with Gasteiger partial charge < -0.3 is 4.90 Å². The maximum atomic E-state index is 13.2. The number of allylic oxidation sites excluding steroid dienone is 4. The summed E-state index contributed by atoms with van der Waals surface area (Å²) in [5.74, 6) is 0.222. The highest BCUT2D eigenvalue weighted by atomic mass is 16.1. The zero-order valence-corrected chi connectivity index (χ0v) is 16.6. The second-order valence-corrected chi connectivity index (χ2v) is 8.19. The summed E-state index contributed by atoms with van der Waals surface area (Å²) in [6.07, 6.45) is 4.75. The van der Waals surface area contributed by atoms with Gasteiger partial charge in [0.2, 0.25) is 0 Å². The first kappa shape index (κ1) is 18.1. The lowest BCUT2D eigenvalue weighted by atomic mass is 9.71. The molecule has 1 aliphatic heterocycles. The topological polar surface area (TPSA) is 37.4 Å². The molecule has 0 radical (unpaired) electrons. The lowest BCUT2D eigenvalue weighted by Gasteiger charge is -2.44. The smallest absolute Gasteiger partial charge is 0.161 e. The molecule has 2 aromatic rings. The van der Waals surface area contributed by atoms with E-state index >= 15 is 0 Å². The summed E-state index contributed by atoms with van der Waals surface area (Å²) in [6, 6.07) is 20.5. The van der Waals surface area contributed by atoms with E-state index in [4.69, 9.17) is 0 Å². The molecule has 146 valence electrons. The van der Waals surface area contributed by atoms with Gasteiger partial charge in [0.05, 0.1) is 0 Å². The Labute approximate surface area is 171 Å². The van der Waals surface area contributed by atoms with Crippen molar-refractivity contribution < 1.29 is 9.59 Å². The van der Waals surface area contributed by atoms with Crippen LogP contribution in [0.1, 0.15) is 55.6 Å². The SMILES string of the molecule is O=C1CCCC2=C1C(c1ccccc1)C1=C(CCCC1=O)N2Cc1ccccc1. The number of hydrogen-bond donors (Lipinski definition) is 0. The van der Waals surface area contributed by atoms with E-state index in [1.807, 2.05) is 24.3 Å². The molecule has 3 heteroatoms. The number of Topliss-reactive ketones (excluding diaryl/α,β-unsaturated/α-hetero) is 2. The summed E-state index contributed by atoms with van der Waals surface area (Å²) in [7, 11) is 0. The highest BCUT2D eigenvalue weighted by Gasteiger charge is 2.43. The molecule has 1 heterocycles. The zero-order chi connectivity index (χ0) is 19.8. The number of hydrogen-bond acceptors (Lipinski definition) is 3. The average Bonchev–Trinajstić information content (AvgIpc) is 2.76. The number of carbonyl (C=O) groups is 2. The van der Waals surface area contributed by atoms with E-state index in [2.05, 4.69) is 41.3 Å². The monoisotopic (exact) mass is 383 g/mol. The molecule has 0 aromatic heterocycles. The molecule has 0 amide bonds. The van der Waals surface area contributed by atoms with Gasteiger partial charge >= 0.3 is 0 Å². The van der Waals surface area contributed by atoms with E-state index in [1.54, 1.807) is 0 Å². The van der Waals surface area contributed by atoms with Crippen LogP contribution in [0.2, 0.25) is 0 Å². The fourth-order valence-corrected chi connectivity index (χ4v) is 5.15. The molecular formula is C26H25NO2. The molecule has 0 atom stereocenters. The van der Waals surface area contributed by atoms with E-state index < -0.39 is 0 Å². The van der Waals surface area contributed by atoms with Crippen LogP contribution in [-0.4, -0.2) is 16.5 Å². The summed E-state index contributed by atoms with van der Waals surface area (Å²) in [5, 5.41) is 0. The minimum Gasteiger partial charge on any atom is -0.343 e. The van der Waals surface area contributed by atoms with Gasteiger partial charge in [0.25, 0.3) is 0 Å². The summed E-state index contributed by atoms with van der Waals surface area (Å²) in [4.78, 5) is 28.7. The molecule has 3 nitrogen and oxygen atoms in total. The van der Waals surface area contributed by atoms with Gasteiger partial charge in [-0.15, -0.1) is 0 Å². The van der Waals surface area contributed by atoms with Gasteiger partial charge in [-0.1, -0.05) is 60.7 Å². The van der Waals surface area contributed by atoms with Crippen LogP contribution in [0.25, 0.3) is 0 Å². The van der Waals surface area contributed by atoms with Crippen LogP contribution in [0.15, 0.2) is 83.2 Å². The molecule has 0 N–H and O–H groups in total. The van der Waals surface area contributed by atoms with Gasteiger partial charge in [0.1, 0.15) is 0 Å². The molecule has 29 heavy (non-hydrogen) atoms. The van der Waals surface area contributed by atoms with E-state index in [1.165, 1.54) is 5.56 Å². The molecule has 0 fully saturated rings. The summed E-state index contributed by atoms with van der Waals surface area (Å²) in [5.41, 5.74) is 6.30. The van der Waals surface area contributed by atoms with Crippen LogP contribution >= 0.6 is 0 Å². The number of carbonyl (C=O) groups excluding carboxylic acids is 2. The Hall–Kier alpha value is -2.94. The van der Waals surface area contributed by atoms with Crippen LogP contribution in [0.5, 0.6) is 0 Å². The normalized spacial score (nSPS) is 20.1. The minimum absolute atomic E-state index is 0.200. The molecular weight excluding hydrogens is 358 g/mol. The van der Waals surface area contributed by atoms with Gasteiger partial charge in [0.15, 0.2) is 11.6 Å². The Balaban J connectivity index is 1.71. The van der Waals surface area contributed by atoms with Crippen molar-refractivity contribution >= 4 is 11.6 Å². The molecule has 2 aliphatic carbocycles. The molecule has 3 aliphatic rings. The predicted octanol–water partition coefficient (Wildman–Crippen LogP) is 5.30. The quantitative estimate of drug-likeness (QED) is 0.722. The van der Waals surface area contributed by atoms with Crippen LogP contribution in [0.4, 0.5) is 0 Å². The second kappa shape index (κ2) is 7.47. The van der Waals surface area contributed by atoms with Crippen LogP contribution in [0.3, 0.4) is 0 Å². The van der Waals surface area contributed by atoms with Gasteiger partial charge in [-0.2, -0.15) is 0 Å². The second-order valence-electron chi connectivity index (χ2n) is 8.19. The van der Waals surface area contributed by atoms with Crippen LogP contribution in [-0.2, 0) is 16.1 Å². The number of nitrogens with zero attached hydrogens (tertiary/aromatic N) is 1. The molecule has 5 rings (SSSR count). The van der Waals surface area contributed by atoms with Crippen molar-refractivity contribution in [1.82, 2.24) is 4.90 Å². The molecule has 0 unspecified atom stereocenters. The molecule has 0 saturated carbocycles. The van der Waals surface area contributed by atoms with Crippen molar-refractivity contribution in [3.63, 3.8) is 0 Å². The number of rotatable bonds is 3. The van der Waals surface area contributed by atoms with Crippen molar-refractivity contribution in [2.45, 2.75) is 51.0 Å². The Kier molecular flexibility index (Phi) is 4.67. The maximum absolute atomic E-state index is 13.2. The first-order valence-electron chi connectivity index (χ1n) is 10.6. The fourth-order valence-electron chi connectivity index (χ4n) is 5.15. The Morgan fingerprint density at radius 3 is 1.76 bits per heavy atom. The van der Waals surface area contributed by atoms with E-state index in [0.29, 0.717) is 12.8 Å². The third kappa shape index (κ3) is 3.15. The lowest BCUT2D eigenvalue weighted by Crippen LogP contribution is -2.38. The highest BCUT2D eigenvalue weighted by Crippen LogP contribution is 2.49. The first-order valence-corrected chi connectivity index (χ1v) is 10.6. The lowest BCUT2D eigenvalue weighted by molar-refractivity contribution is -0.117. The predicted molar refractivity (Wildman–Crippen MR) is 113 cm³/mol. The first-order chi connectivity index (χ1) is 14.2. The molecule has 0 saturated heterocycles. The van der Waals surface area contributed by atoms with E-state index in [9.17, 15) is 9.59 Å². The Morgan fingerprint density at radius 1 is 0.690 bits per heavy atom. The molecule has 0 bridgehead atoms. The van der Waals surface area contributed by atoms with Crippen molar-refractivity contribution in [2.75, 3.05) is 0 Å². The van der Waals surface area contributed by atoms with Gasteiger partial charge in [-0.25, -0.2) is 0 Å². The summed E-state index contributed by atoms with van der Waals surface area (Å²) >= 11 is 0. The third-order valence-electron chi connectivity index (χ3n) is 6.40. The summed E-state index contributed by atoms with van der Waals surface area (Å²) < 4.78 is 0. The third-order valence-corrected chi connectivity index (χ3v) is 6.40. The fraction of sp³-hybridized carbons (Fsp3) is 0.308. The van der Waals surface area contributed by atoms with Gasteiger partial charge in [0, 0.05) is 47.8 Å². The zero-order valence-electron chi connectivity index (χ0n) is 16.6. The standard InChI is InChI=1S/C26H25NO2/c28-22-15-7-13-20-25(22)24(19-11-5-2-6-12-19)26-21(14-8-16-23(26)29)27(20)17-18-9-3-1-4-10-18/h1-6,9-12,24H,7-8,13-17H2. The van der Waals surface area contributed by atoms with Crippen molar-refractivity contribution in [2.24, 2.45) is 0 Å². The van der Waals surface area contributed by atoms with Gasteiger partial charge in [-0.05, 0) is 36.8 Å². The average molecular weight is 383 g/mol. The largest absolute Gasteiger partial charge is 0.343 e. The van der Waals surface area contributed by atoms with Crippen LogP contribution in [0, 0.1) is 0 Å². The molecule has 2 aromatic carbocycles. The minimum atomic E-state index is -0.200. The van der Waals surface area contributed by atoms with Crippen LogP contribution < -0.4 is 0 Å². The van der Waals surface area contributed by atoms with E-state index in [0.717, 1.165) is 60.3 Å². The Morgan fingerprint density at radius 2 is 1.21 bits per heavy atom.